The van der Waals surface area contributed by atoms with Gasteiger partial charge in [0.1, 0.15) is 0 Å². The summed E-state index contributed by atoms with van der Waals surface area (Å²) in [6.45, 7) is 7.38. The second kappa shape index (κ2) is 10.1. The van der Waals surface area contributed by atoms with Gasteiger partial charge < -0.3 is 15.5 Å². The topological polar surface area (TPSA) is 56.7 Å². The van der Waals surface area contributed by atoms with E-state index in [9.17, 15) is 4.79 Å². The molecule has 0 bridgehead atoms. The smallest absolute Gasteiger partial charge is 0.222 e. The monoisotopic (exact) mass is 392 g/mol. The van der Waals surface area contributed by atoms with Gasteiger partial charge in [-0.1, -0.05) is 53.6 Å². The molecule has 1 aliphatic heterocycles. The van der Waals surface area contributed by atoms with Gasteiger partial charge in [-0.3, -0.25) is 9.79 Å². The Balaban J connectivity index is 1.47. The second-order valence-corrected chi connectivity index (χ2v) is 7.84. The van der Waals surface area contributed by atoms with Gasteiger partial charge in [-0.2, -0.15) is 0 Å². The summed E-state index contributed by atoms with van der Waals surface area (Å²) >= 11 is 0. The van der Waals surface area contributed by atoms with E-state index in [2.05, 4.69) is 71.9 Å². The van der Waals surface area contributed by atoms with E-state index in [1.807, 2.05) is 4.90 Å². The summed E-state index contributed by atoms with van der Waals surface area (Å²) in [6, 6.07) is 15.1. The summed E-state index contributed by atoms with van der Waals surface area (Å²) in [4.78, 5) is 18.1. The molecule has 3 rings (SSSR count). The lowest BCUT2D eigenvalue weighted by Gasteiger charge is -2.16. The summed E-state index contributed by atoms with van der Waals surface area (Å²) < 4.78 is 0. The van der Waals surface area contributed by atoms with Crippen LogP contribution in [0.3, 0.4) is 0 Å². The Morgan fingerprint density at radius 2 is 1.79 bits per heavy atom. The maximum Gasteiger partial charge on any atom is 0.222 e. The summed E-state index contributed by atoms with van der Waals surface area (Å²) in [5.41, 5.74) is 6.31. The van der Waals surface area contributed by atoms with Crippen LogP contribution in [-0.4, -0.2) is 36.9 Å². The van der Waals surface area contributed by atoms with Crippen LogP contribution in [0, 0.1) is 13.8 Å². The SMILES string of the molecule is CN=C(NCCc1cc(C)cc(C)c1)NCc1cccc(CN2CCCC2=O)c1. The molecule has 1 amide bonds. The highest BCUT2D eigenvalue weighted by Crippen LogP contribution is 2.15. The number of carbonyl (C=O) groups excluding carboxylic acids is 1. The van der Waals surface area contributed by atoms with Crippen molar-refractivity contribution in [1.82, 2.24) is 15.5 Å². The number of aryl methyl sites for hydroxylation is 2. The Labute approximate surface area is 174 Å². The van der Waals surface area contributed by atoms with Gasteiger partial charge in [0.15, 0.2) is 5.96 Å². The number of guanidine groups is 1. The van der Waals surface area contributed by atoms with Gasteiger partial charge in [-0.15, -0.1) is 0 Å². The number of rotatable bonds is 7. The molecular formula is C24H32N4O. The van der Waals surface area contributed by atoms with Crippen molar-refractivity contribution in [2.45, 2.75) is 46.2 Å². The quantitative estimate of drug-likeness (QED) is 0.561. The van der Waals surface area contributed by atoms with E-state index in [-0.39, 0.29) is 5.91 Å². The van der Waals surface area contributed by atoms with Crippen molar-refractivity contribution in [2.24, 2.45) is 4.99 Å². The maximum absolute atomic E-state index is 11.8. The van der Waals surface area contributed by atoms with Crippen molar-refractivity contribution in [2.75, 3.05) is 20.1 Å². The molecule has 1 aliphatic rings. The van der Waals surface area contributed by atoms with Gasteiger partial charge in [0.2, 0.25) is 5.91 Å². The van der Waals surface area contributed by atoms with Gasteiger partial charge in [-0.05, 0) is 43.4 Å². The molecule has 1 heterocycles. The highest BCUT2D eigenvalue weighted by atomic mass is 16.2. The minimum absolute atomic E-state index is 0.266. The van der Waals surface area contributed by atoms with Crippen LogP contribution in [0.4, 0.5) is 0 Å². The summed E-state index contributed by atoms with van der Waals surface area (Å²) in [5.74, 6) is 1.07. The van der Waals surface area contributed by atoms with Gasteiger partial charge in [0.25, 0.3) is 0 Å². The molecule has 2 aromatic carbocycles. The Kier molecular flexibility index (Phi) is 7.28. The third kappa shape index (κ3) is 6.34. The normalized spacial score (nSPS) is 14.4. The van der Waals surface area contributed by atoms with E-state index in [0.717, 1.165) is 31.9 Å². The van der Waals surface area contributed by atoms with Crippen molar-refractivity contribution in [3.05, 3.63) is 70.3 Å². The average Bonchev–Trinajstić information content (AvgIpc) is 3.08. The number of nitrogens with one attached hydrogen (secondary N) is 2. The summed E-state index contributed by atoms with van der Waals surface area (Å²) in [5, 5.41) is 6.77. The van der Waals surface area contributed by atoms with Gasteiger partial charge >= 0.3 is 0 Å². The minimum Gasteiger partial charge on any atom is -0.356 e. The number of benzene rings is 2. The highest BCUT2D eigenvalue weighted by molar-refractivity contribution is 5.79. The van der Waals surface area contributed by atoms with E-state index in [1.54, 1.807) is 7.05 Å². The van der Waals surface area contributed by atoms with Crippen LogP contribution < -0.4 is 10.6 Å². The van der Waals surface area contributed by atoms with Gasteiger partial charge in [-0.25, -0.2) is 0 Å². The van der Waals surface area contributed by atoms with Crippen molar-refractivity contribution >= 4 is 11.9 Å². The van der Waals surface area contributed by atoms with Crippen molar-refractivity contribution in [3.8, 4) is 0 Å². The highest BCUT2D eigenvalue weighted by Gasteiger charge is 2.19. The molecule has 0 atom stereocenters. The first kappa shape index (κ1) is 20.9. The molecule has 0 aliphatic carbocycles. The number of carbonyl (C=O) groups is 1. The first-order valence-corrected chi connectivity index (χ1v) is 10.4. The third-order valence-electron chi connectivity index (χ3n) is 5.21. The van der Waals surface area contributed by atoms with E-state index >= 15 is 0 Å². The predicted molar refractivity (Wildman–Crippen MR) is 119 cm³/mol. The molecule has 1 fully saturated rings. The number of likely N-dealkylation sites (tertiary alicyclic amines) is 1. The molecule has 5 heteroatoms. The first-order valence-electron chi connectivity index (χ1n) is 10.4. The van der Waals surface area contributed by atoms with E-state index < -0.39 is 0 Å². The van der Waals surface area contributed by atoms with Crippen molar-refractivity contribution in [1.29, 1.82) is 0 Å². The standard InChI is InChI=1S/C24H32N4O/c1-18-12-19(2)14-20(13-18)9-10-26-24(25-3)27-16-21-6-4-7-22(15-21)17-28-11-5-8-23(28)29/h4,6-7,12-15H,5,8-11,16-17H2,1-3H3,(H2,25,26,27). The second-order valence-electron chi connectivity index (χ2n) is 7.84. The van der Waals surface area contributed by atoms with Gasteiger partial charge in [0, 0.05) is 39.6 Å². The molecule has 1 saturated heterocycles. The zero-order chi connectivity index (χ0) is 20.6. The lowest BCUT2D eigenvalue weighted by atomic mass is 10.1. The molecule has 0 spiro atoms. The lowest BCUT2D eigenvalue weighted by molar-refractivity contribution is -0.128. The zero-order valence-corrected chi connectivity index (χ0v) is 17.8. The maximum atomic E-state index is 11.8. The van der Waals surface area contributed by atoms with Crippen LogP contribution in [0.2, 0.25) is 0 Å². The number of amides is 1. The van der Waals surface area contributed by atoms with Gasteiger partial charge in [0.05, 0.1) is 0 Å². The Bertz CT molecular complexity index is 855. The van der Waals surface area contributed by atoms with Crippen LogP contribution in [0.1, 0.15) is 40.7 Å². The molecule has 0 unspecified atom stereocenters. The summed E-state index contributed by atoms with van der Waals surface area (Å²) in [6.07, 6.45) is 2.62. The van der Waals surface area contributed by atoms with E-state index in [4.69, 9.17) is 0 Å². The number of nitrogens with zero attached hydrogens (tertiary/aromatic N) is 2. The predicted octanol–water partition coefficient (Wildman–Crippen LogP) is 3.33. The third-order valence-corrected chi connectivity index (χ3v) is 5.21. The van der Waals surface area contributed by atoms with Crippen LogP contribution in [-0.2, 0) is 24.3 Å². The Morgan fingerprint density at radius 3 is 2.48 bits per heavy atom. The average molecular weight is 393 g/mol. The molecule has 0 radical (unpaired) electrons. The fourth-order valence-corrected chi connectivity index (χ4v) is 3.87. The number of hydrogen-bond acceptors (Lipinski definition) is 2. The first-order chi connectivity index (χ1) is 14.0. The molecule has 29 heavy (non-hydrogen) atoms. The van der Waals surface area contributed by atoms with Crippen molar-refractivity contribution in [3.63, 3.8) is 0 Å². The van der Waals surface area contributed by atoms with Crippen LogP contribution in [0.25, 0.3) is 0 Å². The Morgan fingerprint density at radius 1 is 1.03 bits per heavy atom. The minimum atomic E-state index is 0.266. The van der Waals surface area contributed by atoms with Crippen LogP contribution in [0.5, 0.6) is 0 Å². The van der Waals surface area contributed by atoms with E-state index in [0.29, 0.717) is 19.5 Å². The molecule has 0 aromatic heterocycles. The molecule has 2 aromatic rings. The summed E-state index contributed by atoms with van der Waals surface area (Å²) in [7, 11) is 1.79. The lowest BCUT2D eigenvalue weighted by Crippen LogP contribution is -2.37. The molecule has 5 nitrogen and oxygen atoms in total. The molecule has 154 valence electrons. The zero-order valence-electron chi connectivity index (χ0n) is 17.8. The fourth-order valence-electron chi connectivity index (χ4n) is 3.87. The van der Waals surface area contributed by atoms with Crippen LogP contribution >= 0.6 is 0 Å². The Hall–Kier alpha value is -2.82. The largest absolute Gasteiger partial charge is 0.356 e. The molecular weight excluding hydrogens is 360 g/mol. The van der Waals surface area contributed by atoms with Crippen LogP contribution in [0.15, 0.2) is 47.5 Å². The fraction of sp³-hybridized carbons (Fsp3) is 0.417. The molecule has 2 N–H and O–H groups in total. The molecule has 0 saturated carbocycles. The number of hydrogen-bond donors (Lipinski definition) is 2. The number of aliphatic imine (C=N–C) groups is 1. The van der Waals surface area contributed by atoms with E-state index in [1.165, 1.54) is 27.8 Å². The van der Waals surface area contributed by atoms with Crippen molar-refractivity contribution < 1.29 is 4.79 Å².